The standard InChI is InChI=1S/C11H12FN3O2/c12-7-3-9-10(14-4-7)15-2-1-13-5-8(15)6-17-11(9)16/h3-4,8,13H,1-2,5-6H2/t8-/m1/s1. The Morgan fingerprint density at radius 2 is 2.47 bits per heavy atom. The summed E-state index contributed by atoms with van der Waals surface area (Å²) in [7, 11) is 0. The van der Waals surface area contributed by atoms with Gasteiger partial charge < -0.3 is 15.0 Å². The molecule has 0 aliphatic carbocycles. The maximum Gasteiger partial charge on any atom is 0.342 e. The molecule has 1 aromatic rings. The second kappa shape index (κ2) is 3.96. The van der Waals surface area contributed by atoms with Crippen molar-refractivity contribution in [2.75, 3.05) is 31.1 Å². The molecular formula is C11H12FN3O2. The van der Waals surface area contributed by atoms with Crippen molar-refractivity contribution in [3.8, 4) is 0 Å². The summed E-state index contributed by atoms with van der Waals surface area (Å²) in [4.78, 5) is 17.8. The lowest BCUT2D eigenvalue weighted by atomic mass is 10.2. The topological polar surface area (TPSA) is 54.5 Å². The van der Waals surface area contributed by atoms with Gasteiger partial charge in [-0.1, -0.05) is 0 Å². The third kappa shape index (κ3) is 1.74. The lowest BCUT2D eigenvalue weighted by Gasteiger charge is -2.35. The molecule has 1 saturated heterocycles. The number of hydrogen-bond donors (Lipinski definition) is 1. The van der Waals surface area contributed by atoms with Crippen LogP contribution in [0.15, 0.2) is 12.3 Å². The van der Waals surface area contributed by atoms with E-state index in [1.54, 1.807) is 0 Å². The van der Waals surface area contributed by atoms with Gasteiger partial charge in [0.05, 0.1) is 12.2 Å². The molecule has 0 spiro atoms. The first-order valence-corrected chi connectivity index (χ1v) is 5.56. The van der Waals surface area contributed by atoms with Gasteiger partial charge in [0.2, 0.25) is 0 Å². The number of cyclic esters (lactones) is 1. The molecule has 0 radical (unpaired) electrons. The number of nitrogens with zero attached hydrogens (tertiary/aromatic N) is 2. The number of anilines is 1. The lowest BCUT2D eigenvalue weighted by molar-refractivity contribution is 0.0489. The zero-order valence-electron chi connectivity index (χ0n) is 9.15. The SMILES string of the molecule is O=C1OC[C@H]2CNCCN2c2ncc(F)cc21. The first kappa shape index (κ1) is 10.5. The fourth-order valence-electron chi connectivity index (χ4n) is 2.25. The highest BCUT2D eigenvalue weighted by molar-refractivity contribution is 5.95. The predicted octanol–water partition coefficient (Wildman–Crippen LogP) is 0.169. The van der Waals surface area contributed by atoms with E-state index in [1.165, 1.54) is 6.07 Å². The summed E-state index contributed by atoms with van der Waals surface area (Å²) in [5, 5.41) is 3.23. The number of esters is 1. The van der Waals surface area contributed by atoms with E-state index in [-0.39, 0.29) is 11.6 Å². The highest BCUT2D eigenvalue weighted by Gasteiger charge is 2.32. The van der Waals surface area contributed by atoms with Crippen LogP contribution in [0, 0.1) is 5.82 Å². The zero-order chi connectivity index (χ0) is 11.8. The largest absolute Gasteiger partial charge is 0.460 e. The first-order chi connectivity index (χ1) is 8.25. The maximum atomic E-state index is 13.1. The fraction of sp³-hybridized carbons (Fsp3) is 0.455. The van der Waals surface area contributed by atoms with Gasteiger partial charge in [-0.3, -0.25) is 0 Å². The van der Waals surface area contributed by atoms with Crippen molar-refractivity contribution in [1.82, 2.24) is 10.3 Å². The summed E-state index contributed by atoms with van der Waals surface area (Å²) in [5.41, 5.74) is 0.217. The van der Waals surface area contributed by atoms with Crippen molar-refractivity contribution in [2.24, 2.45) is 0 Å². The van der Waals surface area contributed by atoms with Crippen LogP contribution in [-0.4, -0.2) is 43.2 Å². The van der Waals surface area contributed by atoms with Gasteiger partial charge in [-0.05, 0) is 6.07 Å². The second-order valence-electron chi connectivity index (χ2n) is 4.17. The Morgan fingerprint density at radius 1 is 1.59 bits per heavy atom. The molecule has 1 fully saturated rings. The number of pyridine rings is 1. The minimum Gasteiger partial charge on any atom is -0.460 e. The van der Waals surface area contributed by atoms with Crippen LogP contribution in [0.5, 0.6) is 0 Å². The average molecular weight is 237 g/mol. The van der Waals surface area contributed by atoms with Crippen molar-refractivity contribution in [2.45, 2.75) is 6.04 Å². The molecule has 0 unspecified atom stereocenters. The van der Waals surface area contributed by atoms with E-state index in [9.17, 15) is 9.18 Å². The van der Waals surface area contributed by atoms with Gasteiger partial charge in [-0.2, -0.15) is 0 Å². The van der Waals surface area contributed by atoms with Crippen LogP contribution >= 0.6 is 0 Å². The normalized spacial score (nSPS) is 23.5. The number of fused-ring (bicyclic) bond motifs is 3. The minimum absolute atomic E-state index is 0.0758. The van der Waals surface area contributed by atoms with Crippen LogP contribution in [0.25, 0.3) is 0 Å². The third-order valence-electron chi connectivity index (χ3n) is 3.08. The molecule has 2 aliphatic heterocycles. The summed E-state index contributed by atoms with van der Waals surface area (Å²) >= 11 is 0. The smallest absolute Gasteiger partial charge is 0.342 e. The van der Waals surface area contributed by atoms with Gasteiger partial charge in [0.25, 0.3) is 0 Å². The summed E-state index contributed by atoms with van der Waals surface area (Å²) in [5.74, 6) is -0.490. The third-order valence-corrected chi connectivity index (χ3v) is 3.08. The number of ether oxygens (including phenoxy) is 1. The van der Waals surface area contributed by atoms with E-state index in [2.05, 4.69) is 10.3 Å². The molecular weight excluding hydrogens is 225 g/mol. The van der Waals surface area contributed by atoms with E-state index >= 15 is 0 Å². The van der Waals surface area contributed by atoms with Crippen LogP contribution in [0.4, 0.5) is 10.2 Å². The molecule has 17 heavy (non-hydrogen) atoms. The van der Waals surface area contributed by atoms with Crippen molar-refractivity contribution in [1.29, 1.82) is 0 Å². The van der Waals surface area contributed by atoms with Crippen LogP contribution in [0.3, 0.4) is 0 Å². The molecule has 5 nitrogen and oxygen atoms in total. The van der Waals surface area contributed by atoms with Crippen LogP contribution in [0.2, 0.25) is 0 Å². The Labute approximate surface area is 97.6 Å². The average Bonchev–Trinajstić information content (AvgIpc) is 2.48. The quantitative estimate of drug-likeness (QED) is 0.652. The highest BCUT2D eigenvalue weighted by Crippen LogP contribution is 2.25. The molecule has 3 rings (SSSR count). The lowest BCUT2D eigenvalue weighted by Crippen LogP contribution is -2.53. The van der Waals surface area contributed by atoms with Crippen LogP contribution < -0.4 is 10.2 Å². The van der Waals surface area contributed by atoms with Gasteiger partial charge >= 0.3 is 5.97 Å². The monoisotopic (exact) mass is 237 g/mol. The number of rotatable bonds is 0. The molecule has 0 saturated carbocycles. The van der Waals surface area contributed by atoms with Crippen LogP contribution in [0.1, 0.15) is 10.4 Å². The molecule has 6 heteroatoms. The van der Waals surface area contributed by atoms with Gasteiger partial charge in [0, 0.05) is 19.6 Å². The molecule has 2 aliphatic rings. The molecule has 1 aromatic heterocycles. The van der Waals surface area contributed by atoms with Crippen molar-refractivity contribution in [3.05, 3.63) is 23.6 Å². The van der Waals surface area contributed by atoms with E-state index in [1.807, 2.05) is 4.90 Å². The fourth-order valence-corrected chi connectivity index (χ4v) is 2.25. The van der Waals surface area contributed by atoms with Gasteiger partial charge in [-0.15, -0.1) is 0 Å². The zero-order valence-corrected chi connectivity index (χ0v) is 9.15. The number of carbonyl (C=O) groups is 1. The summed E-state index contributed by atoms with van der Waals surface area (Å²) in [6, 6.07) is 1.27. The number of nitrogens with one attached hydrogen (secondary N) is 1. The molecule has 1 N–H and O–H groups in total. The Kier molecular flexibility index (Phi) is 2.44. The Morgan fingerprint density at radius 3 is 3.35 bits per heavy atom. The Hall–Kier alpha value is -1.69. The van der Waals surface area contributed by atoms with Gasteiger partial charge in [0.15, 0.2) is 0 Å². The van der Waals surface area contributed by atoms with Crippen molar-refractivity contribution in [3.63, 3.8) is 0 Å². The van der Waals surface area contributed by atoms with Crippen LogP contribution in [-0.2, 0) is 4.74 Å². The molecule has 3 heterocycles. The molecule has 90 valence electrons. The van der Waals surface area contributed by atoms with E-state index in [0.717, 1.165) is 25.8 Å². The maximum absolute atomic E-state index is 13.1. The van der Waals surface area contributed by atoms with Gasteiger partial charge in [-0.25, -0.2) is 14.2 Å². The first-order valence-electron chi connectivity index (χ1n) is 5.56. The van der Waals surface area contributed by atoms with E-state index in [0.29, 0.717) is 12.4 Å². The Balaban J connectivity index is 2.08. The van der Waals surface area contributed by atoms with Gasteiger partial charge in [0.1, 0.15) is 23.8 Å². The summed E-state index contributed by atoms with van der Waals surface area (Å²) < 4.78 is 18.3. The predicted molar refractivity (Wildman–Crippen MR) is 58.5 cm³/mol. The van der Waals surface area contributed by atoms with E-state index in [4.69, 9.17) is 4.74 Å². The number of halogens is 1. The number of hydrogen-bond acceptors (Lipinski definition) is 5. The Bertz CT molecular complexity index is 466. The molecule has 1 atom stereocenters. The highest BCUT2D eigenvalue weighted by atomic mass is 19.1. The van der Waals surface area contributed by atoms with E-state index < -0.39 is 11.8 Å². The summed E-state index contributed by atoms with van der Waals surface area (Å²) in [6.45, 7) is 2.62. The second-order valence-corrected chi connectivity index (χ2v) is 4.17. The van der Waals surface area contributed by atoms with Crippen molar-refractivity contribution < 1.29 is 13.9 Å². The molecule has 0 aromatic carbocycles. The number of piperazine rings is 1. The summed E-state index contributed by atoms with van der Waals surface area (Å²) in [6.07, 6.45) is 1.14. The number of carbonyl (C=O) groups excluding carboxylic acids is 1. The molecule has 0 amide bonds. The minimum atomic E-state index is -0.519. The molecule has 0 bridgehead atoms. The number of aromatic nitrogens is 1. The van der Waals surface area contributed by atoms with Crippen molar-refractivity contribution >= 4 is 11.8 Å².